The Balaban J connectivity index is 2.41. The van der Waals surface area contributed by atoms with Crippen LogP contribution in [0.3, 0.4) is 0 Å². The van der Waals surface area contributed by atoms with Crippen molar-refractivity contribution in [3.63, 3.8) is 0 Å². The first-order valence-electron chi connectivity index (χ1n) is 12.3. The SMILES string of the molecule is CCCC(C)C(C)(C)COC(=O)C1CCC(C(=O)OCC(C)(C)C(C)CCC)CC1. The van der Waals surface area contributed by atoms with Crippen LogP contribution >= 0.6 is 0 Å². The molecular weight excluding hydrogens is 376 g/mol. The van der Waals surface area contributed by atoms with Gasteiger partial charge in [-0.3, -0.25) is 9.59 Å². The number of hydrogen-bond acceptors (Lipinski definition) is 4. The molecule has 0 heterocycles. The van der Waals surface area contributed by atoms with E-state index in [1.807, 2.05) is 0 Å². The fraction of sp³-hybridized carbons (Fsp3) is 0.923. The van der Waals surface area contributed by atoms with Crippen LogP contribution in [-0.2, 0) is 19.1 Å². The van der Waals surface area contributed by atoms with Crippen LogP contribution in [0.25, 0.3) is 0 Å². The minimum Gasteiger partial charge on any atom is -0.465 e. The highest BCUT2D eigenvalue weighted by molar-refractivity contribution is 5.75. The molecule has 0 saturated heterocycles. The zero-order valence-electron chi connectivity index (χ0n) is 21.0. The summed E-state index contributed by atoms with van der Waals surface area (Å²) in [6.45, 7) is 18.5. The maximum atomic E-state index is 12.6. The highest BCUT2D eigenvalue weighted by Crippen LogP contribution is 2.35. The van der Waals surface area contributed by atoms with Gasteiger partial charge >= 0.3 is 11.9 Å². The van der Waals surface area contributed by atoms with E-state index in [1.54, 1.807) is 0 Å². The molecule has 4 heteroatoms. The predicted octanol–water partition coefficient (Wildman–Crippen LogP) is 6.80. The summed E-state index contributed by atoms with van der Waals surface area (Å²) in [7, 11) is 0. The van der Waals surface area contributed by atoms with Gasteiger partial charge in [0.05, 0.1) is 25.0 Å². The Bertz CT molecular complexity index is 481. The Labute approximate surface area is 185 Å². The largest absolute Gasteiger partial charge is 0.465 e. The first-order valence-corrected chi connectivity index (χ1v) is 12.3. The van der Waals surface area contributed by atoms with Gasteiger partial charge in [-0.05, 0) is 37.5 Å². The van der Waals surface area contributed by atoms with Gasteiger partial charge in [0.1, 0.15) is 0 Å². The van der Waals surface area contributed by atoms with Crippen molar-refractivity contribution < 1.29 is 19.1 Å². The third-order valence-electron chi connectivity index (χ3n) is 7.68. The standard InChI is InChI=1S/C26H48O4/c1-9-11-19(3)25(5,6)17-29-23(27)21-13-15-22(16-14-21)24(28)30-18-26(7,8)20(4)12-10-2/h19-22H,9-18H2,1-8H3. The van der Waals surface area contributed by atoms with Crippen molar-refractivity contribution >= 4 is 11.9 Å². The Morgan fingerprint density at radius 3 is 1.30 bits per heavy atom. The minimum atomic E-state index is -0.0897. The number of esters is 2. The van der Waals surface area contributed by atoms with Crippen LogP contribution < -0.4 is 0 Å². The van der Waals surface area contributed by atoms with Gasteiger partial charge < -0.3 is 9.47 Å². The van der Waals surface area contributed by atoms with E-state index in [-0.39, 0.29) is 34.6 Å². The quantitative estimate of drug-likeness (QED) is 0.323. The summed E-state index contributed by atoms with van der Waals surface area (Å²) in [5.41, 5.74) is -0.0111. The van der Waals surface area contributed by atoms with Crippen molar-refractivity contribution in [2.75, 3.05) is 13.2 Å². The molecule has 0 bridgehead atoms. The summed E-state index contributed by atoms with van der Waals surface area (Å²) < 4.78 is 11.4. The lowest BCUT2D eigenvalue weighted by atomic mass is 9.78. The van der Waals surface area contributed by atoms with E-state index in [9.17, 15) is 9.59 Å². The van der Waals surface area contributed by atoms with E-state index < -0.39 is 0 Å². The van der Waals surface area contributed by atoms with Crippen LogP contribution in [0.15, 0.2) is 0 Å². The fourth-order valence-electron chi connectivity index (χ4n) is 4.25. The van der Waals surface area contributed by atoms with Crippen LogP contribution in [0, 0.1) is 34.5 Å². The van der Waals surface area contributed by atoms with Gasteiger partial charge in [-0.1, -0.05) is 81.1 Å². The van der Waals surface area contributed by atoms with Gasteiger partial charge in [0.25, 0.3) is 0 Å². The van der Waals surface area contributed by atoms with Crippen molar-refractivity contribution in [3.8, 4) is 0 Å². The van der Waals surface area contributed by atoms with Gasteiger partial charge in [0.15, 0.2) is 0 Å². The Morgan fingerprint density at radius 1 is 0.733 bits per heavy atom. The smallest absolute Gasteiger partial charge is 0.308 e. The van der Waals surface area contributed by atoms with E-state index in [1.165, 1.54) is 0 Å². The van der Waals surface area contributed by atoms with Crippen molar-refractivity contribution in [2.24, 2.45) is 34.5 Å². The number of hydrogen-bond donors (Lipinski definition) is 0. The lowest BCUT2D eigenvalue weighted by Crippen LogP contribution is -2.34. The lowest BCUT2D eigenvalue weighted by Gasteiger charge is -2.33. The summed E-state index contributed by atoms with van der Waals surface area (Å²) >= 11 is 0. The molecule has 2 unspecified atom stereocenters. The molecule has 1 aliphatic carbocycles. The second-order valence-corrected chi connectivity index (χ2v) is 11.1. The molecule has 1 saturated carbocycles. The average Bonchev–Trinajstić information content (AvgIpc) is 2.70. The zero-order chi connectivity index (χ0) is 22.9. The summed E-state index contributed by atoms with van der Waals surface area (Å²) in [6.07, 6.45) is 7.47. The van der Waals surface area contributed by atoms with Crippen LogP contribution in [0.1, 0.15) is 107 Å². The molecule has 0 aromatic carbocycles. The number of rotatable bonds is 12. The van der Waals surface area contributed by atoms with Crippen molar-refractivity contribution in [2.45, 2.75) is 107 Å². The molecule has 0 N–H and O–H groups in total. The molecule has 1 rings (SSSR count). The van der Waals surface area contributed by atoms with Gasteiger partial charge in [0.2, 0.25) is 0 Å². The van der Waals surface area contributed by atoms with E-state index in [0.29, 0.717) is 25.0 Å². The fourth-order valence-corrected chi connectivity index (χ4v) is 4.25. The minimum absolute atomic E-state index is 0.00556. The summed E-state index contributed by atoms with van der Waals surface area (Å²) in [6, 6.07) is 0. The average molecular weight is 425 g/mol. The predicted molar refractivity (Wildman–Crippen MR) is 123 cm³/mol. The highest BCUT2D eigenvalue weighted by atomic mass is 16.5. The number of carbonyl (C=O) groups excluding carboxylic acids is 2. The van der Waals surface area contributed by atoms with E-state index in [0.717, 1.165) is 51.4 Å². The molecule has 0 aromatic heterocycles. The first kappa shape index (κ1) is 27.0. The van der Waals surface area contributed by atoms with E-state index in [2.05, 4.69) is 55.4 Å². The Hall–Kier alpha value is -1.06. The van der Waals surface area contributed by atoms with Crippen LogP contribution in [-0.4, -0.2) is 25.2 Å². The van der Waals surface area contributed by atoms with Crippen molar-refractivity contribution in [3.05, 3.63) is 0 Å². The maximum Gasteiger partial charge on any atom is 0.308 e. The summed E-state index contributed by atoms with van der Waals surface area (Å²) in [5.74, 6) is 0.705. The number of carbonyl (C=O) groups is 2. The molecule has 30 heavy (non-hydrogen) atoms. The maximum absolute atomic E-state index is 12.6. The topological polar surface area (TPSA) is 52.6 Å². The molecule has 0 amide bonds. The molecule has 0 radical (unpaired) electrons. The van der Waals surface area contributed by atoms with Crippen LogP contribution in [0.5, 0.6) is 0 Å². The molecule has 176 valence electrons. The van der Waals surface area contributed by atoms with Crippen LogP contribution in [0.4, 0.5) is 0 Å². The Morgan fingerprint density at radius 2 is 1.03 bits per heavy atom. The molecule has 1 fully saturated rings. The van der Waals surface area contributed by atoms with Crippen molar-refractivity contribution in [1.82, 2.24) is 0 Å². The second-order valence-electron chi connectivity index (χ2n) is 11.1. The highest BCUT2D eigenvalue weighted by Gasteiger charge is 2.34. The van der Waals surface area contributed by atoms with Gasteiger partial charge in [-0.2, -0.15) is 0 Å². The first-order chi connectivity index (χ1) is 13.9. The monoisotopic (exact) mass is 424 g/mol. The number of ether oxygens (including phenoxy) is 2. The second kappa shape index (κ2) is 12.1. The van der Waals surface area contributed by atoms with E-state index >= 15 is 0 Å². The van der Waals surface area contributed by atoms with Gasteiger partial charge in [-0.15, -0.1) is 0 Å². The van der Waals surface area contributed by atoms with Crippen molar-refractivity contribution in [1.29, 1.82) is 0 Å². The van der Waals surface area contributed by atoms with Crippen LogP contribution in [0.2, 0.25) is 0 Å². The van der Waals surface area contributed by atoms with Gasteiger partial charge in [0, 0.05) is 10.8 Å². The molecule has 0 aliphatic heterocycles. The third-order valence-corrected chi connectivity index (χ3v) is 7.68. The molecule has 0 aromatic rings. The third kappa shape index (κ3) is 8.23. The zero-order valence-corrected chi connectivity index (χ0v) is 21.0. The molecular formula is C26H48O4. The molecule has 2 atom stereocenters. The molecule has 1 aliphatic rings. The lowest BCUT2D eigenvalue weighted by molar-refractivity contribution is -0.159. The molecule has 4 nitrogen and oxygen atoms in total. The Kier molecular flexibility index (Phi) is 10.9. The normalized spacial score (nSPS) is 22.3. The van der Waals surface area contributed by atoms with Gasteiger partial charge in [-0.25, -0.2) is 0 Å². The summed E-state index contributed by atoms with van der Waals surface area (Å²) in [4.78, 5) is 25.1. The molecule has 0 spiro atoms. The van der Waals surface area contributed by atoms with E-state index in [4.69, 9.17) is 9.47 Å². The summed E-state index contributed by atoms with van der Waals surface area (Å²) in [5, 5.41) is 0.